The summed E-state index contributed by atoms with van der Waals surface area (Å²) in [5, 5.41) is 6.57. The molecule has 7 nitrogen and oxygen atoms in total. The molecule has 2 heterocycles. The number of ether oxygens (including phenoxy) is 3. The number of nitrogens with zero attached hydrogens (tertiary/aromatic N) is 2. The van der Waals surface area contributed by atoms with Crippen LogP contribution in [0.4, 0.5) is 4.39 Å². The van der Waals surface area contributed by atoms with Gasteiger partial charge in [0.2, 0.25) is 5.88 Å². The van der Waals surface area contributed by atoms with Gasteiger partial charge in [-0.25, -0.2) is 14.4 Å². The van der Waals surface area contributed by atoms with Gasteiger partial charge in [-0.05, 0) is 49.6 Å². The van der Waals surface area contributed by atoms with E-state index in [1.165, 1.54) is 12.1 Å². The largest absolute Gasteiger partial charge is 0.439 e. The lowest BCUT2D eigenvalue weighted by Gasteiger charge is -2.12. The van der Waals surface area contributed by atoms with Crippen LogP contribution in [-0.4, -0.2) is 50.5 Å². The number of benzene rings is 1. The molecular weight excluding hydrogens is 526 g/mol. The van der Waals surface area contributed by atoms with Crippen molar-refractivity contribution in [3.63, 3.8) is 0 Å². The van der Waals surface area contributed by atoms with Crippen molar-refractivity contribution in [2.45, 2.75) is 26.3 Å². The fourth-order valence-corrected chi connectivity index (χ4v) is 3.05. The van der Waals surface area contributed by atoms with Crippen LogP contribution in [0.5, 0.6) is 11.6 Å². The van der Waals surface area contributed by atoms with Crippen LogP contribution in [0, 0.1) is 11.7 Å². The van der Waals surface area contributed by atoms with Gasteiger partial charge < -0.3 is 24.8 Å². The summed E-state index contributed by atoms with van der Waals surface area (Å²) >= 11 is 0. The Morgan fingerprint density at radius 1 is 1.22 bits per heavy atom. The minimum absolute atomic E-state index is 0. The Kier molecular flexibility index (Phi) is 12.3. The van der Waals surface area contributed by atoms with Crippen LogP contribution >= 0.6 is 24.0 Å². The minimum Gasteiger partial charge on any atom is -0.439 e. The smallest absolute Gasteiger partial charge is 0.219 e. The molecule has 2 N–H and O–H groups in total. The van der Waals surface area contributed by atoms with Crippen molar-refractivity contribution in [3.05, 3.63) is 54.0 Å². The average Bonchev–Trinajstić information content (AvgIpc) is 3.30. The monoisotopic (exact) mass is 558 g/mol. The number of nitrogens with one attached hydrogen (secondary N) is 2. The SMILES string of the molecule is CCNC(=NCc1ccc(Oc2ccc(F)cc2)nc1)NCCCOCC1CCOC1.I. The van der Waals surface area contributed by atoms with Crippen molar-refractivity contribution in [2.24, 2.45) is 10.9 Å². The highest BCUT2D eigenvalue weighted by molar-refractivity contribution is 14.0. The average molecular weight is 558 g/mol. The minimum atomic E-state index is -0.301. The molecule has 1 aliphatic heterocycles. The molecule has 1 saturated heterocycles. The summed E-state index contributed by atoms with van der Waals surface area (Å²) in [6.45, 7) is 7.29. The van der Waals surface area contributed by atoms with Crippen LogP contribution < -0.4 is 15.4 Å². The van der Waals surface area contributed by atoms with Gasteiger partial charge in [0.25, 0.3) is 0 Å². The molecule has 0 saturated carbocycles. The number of aliphatic imine (C=N–C) groups is 1. The van der Waals surface area contributed by atoms with Crippen molar-refractivity contribution in [2.75, 3.05) is 39.5 Å². The zero-order valence-corrected chi connectivity index (χ0v) is 20.7. The van der Waals surface area contributed by atoms with Crippen LogP contribution in [0.2, 0.25) is 0 Å². The molecule has 1 fully saturated rings. The second kappa shape index (κ2) is 15.0. The highest BCUT2D eigenvalue weighted by Crippen LogP contribution is 2.19. The Bertz CT molecular complexity index is 800. The number of aromatic nitrogens is 1. The molecule has 1 aromatic carbocycles. The number of pyridine rings is 1. The zero-order valence-electron chi connectivity index (χ0n) is 18.4. The molecule has 0 spiro atoms. The summed E-state index contributed by atoms with van der Waals surface area (Å²) in [7, 11) is 0. The fourth-order valence-electron chi connectivity index (χ4n) is 3.05. The summed E-state index contributed by atoms with van der Waals surface area (Å²) in [6.07, 6.45) is 3.74. The number of rotatable bonds is 11. The fraction of sp³-hybridized carbons (Fsp3) is 0.478. The van der Waals surface area contributed by atoms with Gasteiger partial charge in [0.1, 0.15) is 11.6 Å². The Labute approximate surface area is 206 Å². The molecule has 9 heteroatoms. The molecular formula is C23H32FIN4O3. The van der Waals surface area contributed by atoms with Crippen LogP contribution in [0.25, 0.3) is 0 Å². The topological polar surface area (TPSA) is 77.0 Å². The maximum Gasteiger partial charge on any atom is 0.219 e. The number of guanidine groups is 1. The van der Waals surface area contributed by atoms with Crippen molar-refractivity contribution in [1.82, 2.24) is 15.6 Å². The predicted molar refractivity (Wildman–Crippen MR) is 133 cm³/mol. The molecule has 1 unspecified atom stereocenters. The van der Waals surface area contributed by atoms with Crippen LogP contribution in [0.1, 0.15) is 25.3 Å². The lowest BCUT2D eigenvalue weighted by Crippen LogP contribution is -2.38. The number of hydrogen-bond donors (Lipinski definition) is 2. The second-order valence-corrected chi connectivity index (χ2v) is 7.34. The van der Waals surface area contributed by atoms with Gasteiger partial charge in [0.05, 0.1) is 19.8 Å². The molecule has 32 heavy (non-hydrogen) atoms. The third-order valence-corrected chi connectivity index (χ3v) is 4.73. The molecule has 176 valence electrons. The van der Waals surface area contributed by atoms with E-state index in [2.05, 4.69) is 20.6 Å². The maximum absolute atomic E-state index is 13.0. The van der Waals surface area contributed by atoms with E-state index in [0.29, 0.717) is 24.1 Å². The highest BCUT2D eigenvalue weighted by Gasteiger charge is 2.15. The van der Waals surface area contributed by atoms with E-state index in [1.807, 2.05) is 13.0 Å². The molecule has 0 aliphatic carbocycles. The molecule has 0 bridgehead atoms. The normalized spacial score (nSPS) is 15.8. The molecule has 0 radical (unpaired) electrons. The van der Waals surface area contributed by atoms with Gasteiger partial charge in [-0.1, -0.05) is 6.07 Å². The Balaban J connectivity index is 0.00000363. The van der Waals surface area contributed by atoms with Gasteiger partial charge >= 0.3 is 0 Å². The van der Waals surface area contributed by atoms with Gasteiger partial charge in [-0.3, -0.25) is 0 Å². The van der Waals surface area contributed by atoms with E-state index in [9.17, 15) is 4.39 Å². The standard InChI is InChI=1S/C23H31FN4O3.HI/c1-2-25-23(26-11-3-12-29-16-19-10-13-30-17-19)28-15-18-4-9-22(27-14-18)31-21-7-5-20(24)6-8-21;/h4-9,14,19H,2-3,10-13,15-17H2,1H3,(H2,25,26,28);1H. The van der Waals surface area contributed by atoms with Crippen molar-refractivity contribution >= 4 is 29.9 Å². The molecule has 1 aromatic heterocycles. The summed E-state index contributed by atoms with van der Waals surface area (Å²) in [4.78, 5) is 8.90. The third kappa shape index (κ3) is 9.66. The first-order valence-electron chi connectivity index (χ1n) is 10.8. The number of halogens is 2. The van der Waals surface area contributed by atoms with Crippen LogP contribution in [0.15, 0.2) is 47.6 Å². The van der Waals surface area contributed by atoms with Crippen LogP contribution in [-0.2, 0) is 16.0 Å². The molecule has 0 amide bonds. The van der Waals surface area contributed by atoms with Gasteiger partial charge in [-0.2, -0.15) is 0 Å². The lowest BCUT2D eigenvalue weighted by molar-refractivity contribution is 0.0888. The maximum atomic E-state index is 13.0. The molecule has 3 rings (SSSR count). The van der Waals surface area contributed by atoms with Gasteiger partial charge in [0.15, 0.2) is 5.96 Å². The lowest BCUT2D eigenvalue weighted by atomic mass is 10.1. The van der Waals surface area contributed by atoms with E-state index >= 15 is 0 Å². The van der Waals surface area contributed by atoms with E-state index in [-0.39, 0.29) is 29.8 Å². The van der Waals surface area contributed by atoms with E-state index in [1.54, 1.807) is 24.4 Å². The zero-order chi connectivity index (χ0) is 21.7. The van der Waals surface area contributed by atoms with E-state index in [4.69, 9.17) is 14.2 Å². The molecule has 1 aliphatic rings. The highest BCUT2D eigenvalue weighted by atomic mass is 127. The Morgan fingerprint density at radius 3 is 2.75 bits per heavy atom. The number of hydrogen-bond acceptors (Lipinski definition) is 5. The first kappa shape index (κ1) is 26.3. The van der Waals surface area contributed by atoms with Gasteiger partial charge in [0, 0.05) is 44.5 Å². The van der Waals surface area contributed by atoms with Gasteiger partial charge in [-0.15, -0.1) is 24.0 Å². The first-order valence-corrected chi connectivity index (χ1v) is 10.8. The quantitative estimate of drug-likeness (QED) is 0.187. The van der Waals surface area contributed by atoms with E-state index in [0.717, 1.165) is 63.9 Å². The van der Waals surface area contributed by atoms with E-state index < -0.39 is 0 Å². The van der Waals surface area contributed by atoms with Crippen molar-refractivity contribution in [3.8, 4) is 11.6 Å². The van der Waals surface area contributed by atoms with Crippen LogP contribution in [0.3, 0.4) is 0 Å². The van der Waals surface area contributed by atoms with Crippen molar-refractivity contribution in [1.29, 1.82) is 0 Å². The summed E-state index contributed by atoms with van der Waals surface area (Å²) in [6, 6.07) is 9.53. The third-order valence-electron chi connectivity index (χ3n) is 4.73. The summed E-state index contributed by atoms with van der Waals surface area (Å²) in [5.41, 5.74) is 0.964. The second-order valence-electron chi connectivity index (χ2n) is 7.34. The summed E-state index contributed by atoms with van der Waals surface area (Å²) in [5.74, 6) is 2.00. The molecule has 2 aromatic rings. The predicted octanol–water partition coefficient (Wildman–Crippen LogP) is 4.13. The summed E-state index contributed by atoms with van der Waals surface area (Å²) < 4.78 is 29.7. The Hall–Kier alpha value is -1.98. The Morgan fingerprint density at radius 2 is 2.06 bits per heavy atom. The first-order chi connectivity index (χ1) is 15.2. The molecule has 1 atom stereocenters. The van der Waals surface area contributed by atoms with Crippen molar-refractivity contribution < 1.29 is 18.6 Å².